The molecule has 0 aliphatic rings. The Labute approximate surface area is 162 Å². The van der Waals surface area contributed by atoms with Gasteiger partial charge in [0.05, 0.1) is 23.0 Å². The summed E-state index contributed by atoms with van der Waals surface area (Å²) in [5, 5.41) is 7.48. The molecule has 0 fully saturated rings. The number of aromatic nitrogens is 4. The molecule has 3 rings (SSSR count). The summed E-state index contributed by atoms with van der Waals surface area (Å²) in [5.41, 5.74) is 1.87. The minimum Gasteiger partial charge on any atom is -0.367 e. The van der Waals surface area contributed by atoms with Gasteiger partial charge in [-0.1, -0.05) is 0 Å². The van der Waals surface area contributed by atoms with Gasteiger partial charge in [-0.25, -0.2) is 22.8 Å². The fourth-order valence-corrected chi connectivity index (χ4v) is 5.32. The van der Waals surface area contributed by atoms with Gasteiger partial charge in [-0.15, -0.1) is 11.3 Å². The first kappa shape index (κ1) is 19.5. The summed E-state index contributed by atoms with van der Waals surface area (Å²) in [6.07, 6.45) is 3.23. The average molecular weight is 407 g/mol. The van der Waals surface area contributed by atoms with E-state index in [1.54, 1.807) is 23.1 Å². The molecule has 0 aliphatic carbocycles. The van der Waals surface area contributed by atoms with Crippen LogP contribution in [-0.4, -0.2) is 41.3 Å². The second-order valence-electron chi connectivity index (χ2n) is 6.20. The number of hydrogen-bond acceptors (Lipinski definition) is 7. The quantitative estimate of drug-likeness (QED) is 0.584. The van der Waals surface area contributed by atoms with E-state index < -0.39 is 10.0 Å². The molecule has 0 atom stereocenters. The van der Waals surface area contributed by atoms with Crippen molar-refractivity contribution in [3.8, 4) is 5.82 Å². The summed E-state index contributed by atoms with van der Waals surface area (Å²) in [4.78, 5) is 10.8. The molecule has 0 spiro atoms. The highest BCUT2D eigenvalue weighted by Gasteiger charge is 2.18. The molecule has 144 valence electrons. The third-order valence-electron chi connectivity index (χ3n) is 3.86. The van der Waals surface area contributed by atoms with Crippen LogP contribution in [0, 0.1) is 27.7 Å². The summed E-state index contributed by atoms with van der Waals surface area (Å²) in [6, 6.07) is 3.66. The zero-order chi connectivity index (χ0) is 19.6. The lowest BCUT2D eigenvalue weighted by Gasteiger charge is -2.09. The highest BCUT2D eigenvalue weighted by Crippen LogP contribution is 2.24. The Kier molecular flexibility index (Phi) is 5.59. The first-order valence-electron chi connectivity index (χ1n) is 8.42. The van der Waals surface area contributed by atoms with Gasteiger partial charge in [-0.2, -0.15) is 5.10 Å². The van der Waals surface area contributed by atoms with Gasteiger partial charge < -0.3 is 5.32 Å². The second kappa shape index (κ2) is 7.75. The molecule has 2 N–H and O–H groups in total. The molecule has 3 heterocycles. The number of nitrogens with zero attached hydrogens (tertiary/aromatic N) is 4. The maximum atomic E-state index is 12.4. The van der Waals surface area contributed by atoms with Crippen LogP contribution >= 0.6 is 11.3 Å². The SMILES string of the molecule is Cc1cc(C)n(-c2cncc(NCCNS(=O)(=O)c3cc(C)sc3C)n2)n1. The maximum absolute atomic E-state index is 12.4. The van der Waals surface area contributed by atoms with Crippen molar-refractivity contribution in [3.63, 3.8) is 0 Å². The fraction of sp³-hybridized carbons (Fsp3) is 0.353. The third-order valence-corrected chi connectivity index (χ3v) is 6.54. The largest absolute Gasteiger partial charge is 0.367 e. The lowest BCUT2D eigenvalue weighted by Crippen LogP contribution is -2.29. The van der Waals surface area contributed by atoms with Gasteiger partial charge >= 0.3 is 0 Å². The average Bonchev–Trinajstić information content (AvgIpc) is 3.13. The molecule has 0 bridgehead atoms. The number of aryl methyl sites for hydroxylation is 4. The molecule has 0 unspecified atom stereocenters. The molecule has 0 amide bonds. The minimum atomic E-state index is -3.51. The van der Waals surface area contributed by atoms with Crippen molar-refractivity contribution >= 4 is 27.2 Å². The predicted molar refractivity (Wildman–Crippen MR) is 106 cm³/mol. The van der Waals surface area contributed by atoms with E-state index >= 15 is 0 Å². The fourth-order valence-electron chi connectivity index (χ4n) is 2.73. The molecule has 0 radical (unpaired) electrons. The van der Waals surface area contributed by atoms with Gasteiger partial charge in [0.1, 0.15) is 5.82 Å². The topological polar surface area (TPSA) is 102 Å². The molecule has 0 aliphatic heterocycles. The number of thiophene rings is 1. The standard InChI is InChI=1S/C17H22N6O2S2/c1-11-7-12(2)23(22-11)17-10-18-9-16(21-17)19-5-6-20-27(24,25)15-8-13(3)26-14(15)4/h7-10,20H,5-6H2,1-4H3,(H,19,21). The van der Waals surface area contributed by atoms with E-state index in [-0.39, 0.29) is 6.54 Å². The van der Waals surface area contributed by atoms with Gasteiger partial charge in [-0.05, 0) is 39.8 Å². The Balaban J connectivity index is 1.60. The van der Waals surface area contributed by atoms with Crippen molar-refractivity contribution in [2.45, 2.75) is 32.6 Å². The van der Waals surface area contributed by atoms with Crippen molar-refractivity contribution in [3.05, 3.63) is 45.7 Å². The molecular formula is C17H22N6O2S2. The van der Waals surface area contributed by atoms with Crippen molar-refractivity contribution in [1.29, 1.82) is 0 Å². The van der Waals surface area contributed by atoms with Gasteiger partial charge in [-0.3, -0.25) is 4.98 Å². The second-order valence-corrected chi connectivity index (χ2v) is 9.40. The smallest absolute Gasteiger partial charge is 0.241 e. The zero-order valence-corrected chi connectivity index (χ0v) is 17.3. The summed E-state index contributed by atoms with van der Waals surface area (Å²) in [6.45, 7) is 8.20. The Morgan fingerprint density at radius 3 is 2.52 bits per heavy atom. The Bertz CT molecular complexity index is 1060. The number of anilines is 1. The summed E-state index contributed by atoms with van der Waals surface area (Å²) >= 11 is 1.47. The molecule has 10 heteroatoms. The van der Waals surface area contributed by atoms with Gasteiger partial charge in [0.2, 0.25) is 10.0 Å². The summed E-state index contributed by atoms with van der Waals surface area (Å²) in [5.74, 6) is 1.16. The monoisotopic (exact) mass is 406 g/mol. The van der Waals surface area contributed by atoms with Crippen LogP contribution in [0.4, 0.5) is 5.82 Å². The summed E-state index contributed by atoms with van der Waals surface area (Å²) < 4.78 is 29.1. The predicted octanol–water partition coefficient (Wildman–Crippen LogP) is 2.35. The van der Waals surface area contributed by atoms with E-state index in [0.29, 0.717) is 23.1 Å². The Morgan fingerprint density at radius 2 is 1.89 bits per heavy atom. The molecule has 3 aromatic heterocycles. The van der Waals surface area contributed by atoms with Crippen LogP contribution in [0.5, 0.6) is 0 Å². The Hall–Kier alpha value is -2.30. The van der Waals surface area contributed by atoms with Crippen LogP contribution in [0.3, 0.4) is 0 Å². The highest BCUT2D eigenvalue weighted by molar-refractivity contribution is 7.89. The number of nitrogens with one attached hydrogen (secondary N) is 2. The van der Waals surface area contributed by atoms with E-state index in [2.05, 4.69) is 25.1 Å². The first-order chi connectivity index (χ1) is 12.8. The molecule has 8 nitrogen and oxygen atoms in total. The van der Waals surface area contributed by atoms with E-state index in [1.165, 1.54) is 11.3 Å². The van der Waals surface area contributed by atoms with E-state index in [1.807, 2.05) is 33.8 Å². The third kappa shape index (κ3) is 4.52. The van der Waals surface area contributed by atoms with Crippen LogP contribution in [-0.2, 0) is 10.0 Å². The molecule has 27 heavy (non-hydrogen) atoms. The molecular weight excluding hydrogens is 384 g/mol. The van der Waals surface area contributed by atoms with Gasteiger partial charge in [0.25, 0.3) is 0 Å². The van der Waals surface area contributed by atoms with Crippen LogP contribution in [0.1, 0.15) is 21.1 Å². The van der Waals surface area contributed by atoms with Crippen molar-refractivity contribution in [2.24, 2.45) is 0 Å². The molecule has 3 aromatic rings. The maximum Gasteiger partial charge on any atom is 0.241 e. The normalized spacial score (nSPS) is 11.7. The molecule has 0 aromatic carbocycles. The van der Waals surface area contributed by atoms with Crippen molar-refractivity contribution in [2.75, 3.05) is 18.4 Å². The lowest BCUT2D eigenvalue weighted by atomic mass is 10.4. The number of sulfonamides is 1. The zero-order valence-electron chi connectivity index (χ0n) is 15.6. The minimum absolute atomic E-state index is 0.239. The van der Waals surface area contributed by atoms with E-state index in [0.717, 1.165) is 21.1 Å². The molecule has 0 saturated heterocycles. The molecule has 0 saturated carbocycles. The summed E-state index contributed by atoms with van der Waals surface area (Å²) in [7, 11) is -3.51. The van der Waals surface area contributed by atoms with Gasteiger partial charge in [0, 0.05) is 28.5 Å². The highest BCUT2D eigenvalue weighted by atomic mass is 32.2. The van der Waals surface area contributed by atoms with Crippen LogP contribution in [0.25, 0.3) is 5.82 Å². The Morgan fingerprint density at radius 1 is 1.11 bits per heavy atom. The van der Waals surface area contributed by atoms with Crippen LogP contribution in [0.15, 0.2) is 29.4 Å². The van der Waals surface area contributed by atoms with E-state index in [9.17, 15) is 8.42 Å². The van der Waals surface area contributed by atoms with Crippen LogP contribution in [0.2, 0.25) is 0 Å². The van der Waals surface area contributed by atoms with Crippen molar-refractivity contribution < 1.29 is 8.42 Å². The van der Waals surface area contributed by atoms with Crippen molar-refractivity contribution in [1.82, 2.24) is 24.5 Å². The first-order valence-corrected chi connectivity index (χ1v) is 10.7. The van der Waals surface area contributed by atoms with Gasteiger partial charge in [0.15, 0.2) is 5.82 Å². The lowest BCUT2D eigenvalue weighted by molar-refractivity contribution is 0.582. The van der Waals surface area contributed by atoms with E-state index in [4.69, 9.17) is 0 Å². The number of rotatable bonds is 7. The number of hydrogen-bond donors (Lipinski definition) is 2. The van der Waals surface area contributed by atoms with Crippen LogP contribution < -0.4 is 10.0 Å².